The van der Waals surface area contributed by atoms with Crippen molar-refractivity contribution in [3.8, 4) is 0 Å². The molecule has 0 bridgehead atoms. The molecule has 1 heterocycles. The van der Waals surface area contributed by atoms with Gasteiger partial charge in [-0.2, -0.15) is 5.10 Å². The number of aromatic amines is 1. The van der Waals surface area contributed by atoms with Gasteiger partial charge in [0.25, 0.3) is 0 Å². The van der Waals surface area contributed by atoms with Gasteiger partial charge in [0, 0.05) is 51.6 Å². The molecule has 0 aliphatic carbocycles. The minimum absolute atomic E-state index is 0.776. The molecular formula is C11H22N4O. The molecule has 5 nitrogen and oxygen atoms in total. The minimum atomic E-state index is 0.776. The lowest BCUT2D eigenvalue weighted by molar-refractivity contribution is 0.198. The molecule has 0 aliphatic heterocycles. The van der Waals surface area contributed by atoms with Crippen LogP contribution in [0.15, 0.2) is 12.3 Å². The third-order valence-corrected chi connectivity index (χ3v) is 2.47. The molecule has 5 heteroatoms. The number of H-pyrrole nitrogens is 1. The molecule has 0 aliphatic rings. The summed E-state index contributed by atoms with van der Waals surface area (Å²) in [5.74, 6) is 0. The van der Waals surface area contributed by atoms with Crippen molar-refractivity contribution < 1.29 is 4.74 Å². The number of rotatable bonds is 9. The molecule has 0 radical (unpaired) electrons. The number of hydrogen-bond acceptors (Lipinski definition) is 4. The van der Waals surface area contributed by atoms with Crippen LogP contribution in [0.25, 0.3) is 0 Å². The first kappa shape index (κ1) is 13.2. The monoisotopic (exact) mass is 226 g/mol. The second-order valence-electron chi connectivity index (χ2n) is 3.88. The number of likely N-dealkylation sites (N-methyl/N-ethyl adjacent to an activating group) is 1. The standard InChI is InChI=1S/C11H22N4O/c1-15(9-6-12-7-10-16-2)8-4-11-3-5-13-14-11/h3,5,12H,4,6-10H2,1-2H3,(H,13,14). The number of hydrogen-bond donors (Lipinski definition) is 2. The summed E-state index contributed by atoms with van der Waals surface area (Å²) in [4.78, 5) is 2.31. The number of ether oxygens (including phenoxy) is 1. The molecular weight excluding hydrogens is 204 g/mol. The number of aromatic nitrogens is 2. The Balaban J connectivity index is 1.96. The van der Waals surface area contributed by atoms with Crippen LogP contribution in [-0.2, 0) is 11.2 Å². The van der Waals surface area contributed by atoms with Gasteiger partial charge in [0.2, 0.25) is 0 Å². The van der Waals surface area contributed by atoms with Gasteiger partial charge in [-0.1, -0.05) is 0 Å². The van der Waals surface area contributed by atoms with E-state index in [2.05, 4.69) is 27.5 Å². The van der Waals surface area contributed by atoms with Gasteiger partial charge in [0.15, 0.2) is 0 Å². The normalized spacial score (nSPS) is 11.2. The first-order valence-electron chi connectivity index (χ1n) is 5.69. The van der Waals surface area contributed by atoms with Crippen molar-refractivity contribution in [1.82, 2.24) is 20.4 Å². The molecule has 0 saturated carbocycles. The van der Waals surface area contributed by atoms with Gasteiger partial charge in [-0.05, 0) is 13.1 Å². The van der Waals surface area contributed by atoms with Gasteiger partial charge in [-0.3, -0.25) is 5.10 Å². The lowest BCUT2D eigenvalue weighted by Gasteiger charge is -2.16. The third-order valence-electron chi connectivity index (χ3n) is 2.47. The summed E-state index contributed by atoms with van der Waals surface area (Å²) in [6.45, 7) is 4.80. The molecule has 1 aromatic heterocycles. The van der Waals surface area contributed by atoms with Crippen LogP contribution in [-0.4, -0.2) is 62.0 Å². The van der Waals surface area contributed by atoms with E-state index in [0.717, 1.165) is 39.2 Å². The van der Waals surface area contributed by atoms with E-state index in [0.29, 0.717) is 0 Å². The Morgan fingerprint density at radius 3 is 3.00 bits per heavy atom. The Bertz CT molecular complexity index is 250. The Morgan fingerprint density at radius 1 is 1.44 bits per heavy atom. The average molecular weight is 226 g/mol. The maximum Gasteiger partial charge on any atom is 0.0587 e. The van der Waals surface area contributed by atoms with Gasteiger partial charge < -0.3 is 15.0 Å². The molecule has 92 valence electrons. The highest BCUT2D eigenvalue weighted by Gasteiger charge is 1.99. The lowest BCUT2D eigenvalue weighted by Crippen LogP contribution is -2.32. The highest BCUT2D eigenvalue weighted by atomic mass is 16.5. The molecule has 0 aromatic carbocycles. The highest BCUT2D eigenvalue weighted by Crippen LogP contribution is 1.94. The molecule has 0 atom stereocenters. The summed E-state index contributed by atoms with van der Waals surface area (Å²) < 4.78 is 4.96. The highest BCUT2D eigenvalue weighted by molar-refractivity contribution is 4.97. The van der Waals surface area contributed by atoms with Crippen molar-refractivity contribution in [1.29, 1.82) is 0 Å². The fraction of sp³-hybridized carbons (Fsp3) is 0.727. The number of nitrogens with zero attached hydrogens (tertiary/aromatic N) is 2. The van der Waals surface area contributed by atoms with Crippen LogP contribution >= 0.6 is 0 Å². The summed E-state index contributed by atoms with van der Waals surface area (Å²) in [6, 6.07) is 2.02. The molecule has 16 heavy (non-hydrogen) atoms. The van der Waals surface area contributed by atoms with E-state index >= 15 is 0 Å². The Hall–Kier alpha value is -0.910. The predicted octanol–water partition coefficient (Wildman–Crippen LogP) is 0.120. The van der Waals surface area contributed by atoms with Gasteiger partial charge in [0.1, 0.15) is 0 Å². The van der Waals surface area contributed by atoms with Crippen LogP contribution in [0, 0.1) is 0 Å². The van der Waals surface area contributed by atoms with E-state index in [1.54, 1.807) is 13.3 Å². The number of methoxy groups -OCH3 is 1. The molecule has 0 amide bonds. The molecule has 2 N–H and O–H groups in total. The third kappa shape index (κ3) is 5.85. The Morgan fingerprint density at radius 2 is 2.31 bits per heavy atom. The van der Waals surface area contributed by atoms with Crippen LogP contribution in [0.5, 0.6) is 0 Å². The van der Waals surface area contributed by atoms with Crippen LogP contribution in [0.2, 0.25) is 0 Å². The van der Waals surface area contributed by atoms with Crippen LogP contribution in [0.4, 0.5) is 0 Å². The second kappa shape index (κ2) is 8.27. The molecule has 0 saturated heterocycles. The van der Waals surface area contributed by atoms with Crippen molar-refractivity contribution in [2.75, 3.05) is 46.9 Å². The maximum absolute atomic E-state index is 4.96. The Labute approximate surface area is 97.2 Å². The van der Waals surface area contributed by atoms with Crippen LogP contribution in [0.1, 0.15) is 5.69 Å². The zero-order chi connectivity index (χ0) is 11.6. The smallest absolute Gasteiger partial charge is 0.0587 e. The first-order valence-corrected chi connectivity index (χ1v) is 5.69. The van der Waals surface area contributed by atoms with Gasteiger partial charge in [-0.25, -0.2) is 0 Å². The minimum Gasteiger partial charge on any atom is -0.383 e. The largest absolute Gasteiger partial charge is 0.383 e. The summed E-state index contributed by atoms with van der Waals surface area (Å²) >= 11 is 0. The predicted molar refractivity (Wildman–Crippen MR) is 64.5 cm³/mol. The average Bonchev–Trinajstić information content (AvgIpc) is 2.79. The van der Waals surface area contributed by atoms with Crippen LogP contribution in [0.3, 0.4) is 0 Å². The quantitative estimate of drug-likeness (QED) is 0.587. The fourth-order valence-corrected chi connectivity index (χ4v) is 1.42. The van der Waals surface area contributed by atoms with Crippen molar-refractivity contribution in [2.45, 2.75) is 6.42 Å². The molecule has 0 unspecified atom stereocenters. The van der Waals surface area contributed by atoms with E-state index in [-0.39, 0.29) is 0 Å². The fourth-order valence-electron chi connectivity index (χ4n) is 1.42. The van der Waals surface area contributed by atoms with Crippen molar-refractivity contribution in [2.24, 2.45) is 0 Å². The molecule has 0 spiro atoms. The van der Waals surface area contributed by atoms with Crippen molar-refractivity contribution in [3.05, 3.63) is 18.0 Å². The number of nitrogens with one attached hydrogen (secondary N) is 2. The summed E-state index contributed by atoms with van der Waals surface area (Å²) in [6.07, 6.45) is 2.82. The lowest BCUT2D eigenvalue weighted by atomic mass is 10.3. The van der Waals surface area contributed by atoms with Gasteiger partial charge >= 0.3 is 0 Å². The van der Waals surface area contributed by atoms with E-state index in [9.17, 15) is 0 Å². The molecule has 1 aromatic rings. The van der Waals surface area contributed by atoms with Crippen molar-refractivity contribution >= 4 is 0 Å². The van der Waals surface area contributed by atoms with E-state index < -0.39 is 0 Å². The van der Waals surface area contributed by atoms with E-state index in [1.807, 2.05) is 6.07 Å². The van der Waals surface area contributed by atoms with E-state index in [1.165, 1.54) is 5.69 Å². The summed E-state index contributed by atoms with van der Waals surface area (Å²) in [5, 5.41) is 10.2. The zero-order valence-corrected chi connectivity index (χ0v) is 10.2. The summed E-state index contributed by atoms with van der Waals surface area (Å²) in [7, 11) is 3.85. The SMILES string of the molecule is COCCNCCN(C)CCc1ccn[nH]1. The zero-order valence-electron chi connectivity index (χ0n) is 10.2. The van der Waals surface area contributed by atoms with Gasteiger partial charge in [-0.15, -0.1) is 0 Å². The molecule has 1 rings (SSSR count). The maximum atomic E-state index is 4.96. The molecule has 0 fully saturated rings. The first-order chi connectivity index (χ1) is 7.83. The van der Waals surface area contributed by atoms with Crippen molar-refractivity contribution in [3.63, 3.8) is 0 Å². The van der Waals surface area contributed by atoms with Gasteiger partial charge in [0.05, 0.1) is 6.61 Å². The Kier molecular flexibility index (Phi) is 6.80. The van der Waals surface area contributed by atoms with Crippen LogP contribution < -0.4 is 5.32 Å². The second-order valence-corrected chi connectivity index (χ2v) is 3.88. The van der Waals surface area contributed by atoms with E-state index in [4.69, 9.17) is 4.74 Å². The summed E-state index contributed by atoms with van der Waals surface area (Å²) in [5.41, 5.74) is 1.19. The topological polar surface area (TPSA) is 53.2 Å².